The molecule has 0 spiro atoms. The van der Waals surface area contributed by atoms with Crippen molar-refractivity contribution in [2.45, 2.75) is 32.4 Å². The molecule has 1 unspecified atom stereocenters. The van der Waals surface area contributed by atoms with Crippen LogP contribution >= 0.6 is 0 Å². The van der Waals surface area contributed by atoms with Gasteiger partial charge < -0.3 is 0 Å². The third-order valence-electron chi connectivity index (χ3n) is 1.58. The summed E-state index contributed by atoms with van der Waals surface area (Å²) in [5.41, 5.74) is 0. The predicted octanol–water partition coefficient (Wildman–Crippen LogP) is 3.32. The largest absolute Gasteiger partial charge is 0.391 e. The zero-order valence-corrected chi connectivity index (χ0v) is 6.42. The second-order valence-electron chi connectivity index (χ2n) is 2.63. The zero-order valence-electron chi connectivity index (χ0n) is 6.42. The molecule has 0 bridgehead atoms. The lowest BCUT2D eigenvalue weighted by Gasteiger charge is -2.14. The Bertz CT molecular complexity index is 97.1. The summed E-state index contributed by atoms with van der Waals surface area (Å²) in [6.07, 6.45) is -3.53. The first-order valence-corrected chi connectivity index (χ1v) is 3.61. The van der Waals surface area contributed by atoms with Crippen molar-refractivity contribution in [3.05, 3.63) is 0 Å². The van der Waals surface area contributed by atoms with Gasteiger partial charge in [-0.15, -0.1) is 0 Å². The van der Waals surface area contributed by atoms with Gasteiger partial charge in [0.2, 0.25) is 0 Å². The maximum Gasteiger partial charge on any atom is 0.391 e. The van der Waals surface area contributed by atoms with E-state index in [1.54, 1.807) is 0 Å². The molecule has 0 N–H and O–H groups in total. The minimum atomic E-state index is -4.11. The first-order chi connectivity index (χ1) is 4.98. The van der Waals surface area contributed by atoms with E-state index in [-0.39, 0.29) is 12.8 Å². The van der Waals surface area contributed by atoms with Crippen molar-refractivity contribution in [3.8, 4) is 0 Å². The average molecular weight is 172 g/mol. The summed E-state index contributed by atoms with van der Waals surface area (Å²) in [4.78, 5) is 0. The summed E-state index contributed by atoms with van der Waals surface area (Å²) < 4.78 is 46.8. The summed E-state index contributed by atoms with van der Waals surface area (Å²) in [5.74, 6) is -1.30. The van der Waals surface area contributed by atoms with E-state index in [0.717, 1.165) is 6.92 Å². The molecule has 68 valence electrons. The van der Waals surface area contributed by atoms with E-state index in [1.807, 2.05) is 0 Å². The topological polar surface area (TPSA) is 0 Å². The van der Waals surface area contributed by atoms with Crippen molar-refractivity contribution in [3.63, 3.8) is 0 Å². The Labute approximate surface area is 63.6 Å². The minimum absolute atomic E-state index is 0.0351. The number of unbranched alkanes of at least 4 members (excludes halogenated alkanes) is 1. The summed E-state index contributed by atoms with van der Waals surface area (Å²) in [6, 6.07) is 0. The van der Waals surface area contributed by atoms with E-state index < -0.39 is 18.8 Å². The molecular formula is C7H12F4. The van der Waals surface area contributed by atoms with Crippen molar-refractivity contribution in [2.24, 2.45) is 5.92 Å². The van der Waals surface area contributed by atoms with E-state index >= 15 is 0 Å². The summed E-state index contributed by atoms with van der Waals surface area (Å²) >= 11 is 0. The Balaban J connectivity index is 3.44. The van der Waals surface area contributed by atoms with Crippen LogP contribution < -0.4 is 0 Å². The van der Waals surface area contributed by atoms with E-state index in [0.29, 0.717) is 6.42 Å². The molecule has 0 saturated heterocycles. The van der Waals surface area contributed by atoms with Gasteiger partial charge in [-0.2, -0.15) is 13.2 Å². The Morgan fingerprint density at radius 2 is 1.73 bits per heavy atom. The average Bonchev–Trinajstić information content (AvgIpc) is 1.86. The second kappa shape index (κ2) is 4.57. The van der Waals surface area contributed by atoms with Gasteiger partial charge in [0.15, 0.2) is 0 Å². The molecule has 0 aromatic rings. The van der Waals surface area contributed by atoms with E-state index in [4.69, 9.17) is 0 Å². The molecule has 4 heteroatoms. The van der Waals surface area contributed by atoms with Crippen molar-refractivity contribution in [1.82, 2.24) is 0 Å². The quantitative estimate of drug-likeness (QED) is 0.450. The van der Waals surface area contributed by atoms with Crippen LogP contribution in [0.25, 0.3) is 0 Å². The number of hydrogen-bond acceptors (Lipinski definition) is 0. The molecule has 1 atom stereocenters. The van der Waals surface area contributed by atoms with Crippen LogP contribution in [0.5, 0.6) is 0 Å². The Morgan fingerprint density at radius 1 is 1.18 bits per heavy atom. The van der Waals surface area contributed by atoms with Gasteiger partial charge in [-0.05, 0) is 12.8 Å². The number of hydrogen-bond donors (Lipinski definition) is 0. The van der Waals surface area contributed by atoms with Gasteiger partial charge in [0.25, 0.3) is 0 Å². The summed E-state index contributed by atoms with van der Waals surface area (Å²) in [6.45, 7) is 0.600. The van der Waals surface area contributed by atoms with Gasteiger partial charge in [-0.25, -0.2) is 0 Å². The lowest BCUT2D eigenvalue weighted by Crippen LogP contribution is -2.19. The molecule has 0 aromatic heterocycles. The fourth-order valence-electron chi connectivity index (χ4n) is 0.709. The van der Waals surface area contributed by atoms with E-state index in [1.165, 1.54) is 0 Å². The first-order valence-electron chi connectivity index (χ1n) is 3.61. The van der Waals surface area contributed by atoms with Crippen molar-refractivity contribution >= 4 is 0 Å². The lowest BCUT2D eigenvalue weighted by molar-refractivity contribution is -0.171. The van der Waals surface area contributed by atoms with Crippen molar-refractivity contribution in [1.29, 1.82) is 0 Å². The van der Waals surface area contributed by atoms with Gasteiger partial charge in [0.1, 0.15) is 0 Å². The molecule has 0 fully saturated rings. The van der Waals surface area contributed by atoms with Crippen molar-refractivity contribution < 1.29 is 17.6 Å². The molecule has 0 radical (unpaired) electrons. The van der Waals surface area contributed by atoms with Gasteiger partial charge in [-0.3, -0.25) is 4.39 Å². The van der Waals surface area contributed by atoms with Crippen LogP contribution in [0, 0.1) is 5.92 Å². The molecule has 0 amide bonds. The van der Waals surface area contributed by atoms with Crippen LogP contribution in [0.2, 0.25) is 0 Å². The maximum atomic E-state index is 11.8. The Kier molecular flexibility index (Phi) is 4.45. The van der Waals surface area contributed by atoms with Crippen LogP contribution in [0.15, 0.2) is 0 Å². The van der Waals surface area contributed by atoms with Crippen LogP contribution in [-0.4, -0.2) is 12.9 Å². The van der Waals surface area contributed by atoms with Crippen LogP contribution in [0.3, 0.4) is 0 Å². The Hall–Kier alpha value is -0.280. The van der Waals surface area contributed by atoms with Gasteiger partial charge in [0, 0.05) is 0 Å². The molecule has 0 nitrogen and oxygen atoms in total. The minimum Gasteiger partial charge on any atom is -0.251 e. The number of halogens is 4. The molecule has 0 heterocycles. The predicted molar refractivity (Wildman–Crippen MR) is 35.0 cm³/mol. The molecule has 0 rings (SSSR count). The second-order valence-corrected chi connectivity index (χ2v) is 2.63. The highest BCUT2D eigenvalue weighted by Gasteiger charge is 2.34. The molecule has 0 aliphatic carbocycles. The summed E-state index contributed by atoms with van der Waals surface area (Å²) in [5, 5.41) is 0. The van der Waals surface area contributed by atoms with E-state index in [9.17, 15) is 17.6 Å². The zero-order chi connectivity index (χ0) is 8.91. The third kappa shape index (κ3) is 5.04. The normalized spacial score (nSPS) is 15.0. The lowest BCUT2D eigenvalue weighted by atomic mass is 10.0. The van der Waals surface area contributed by atoms with Crippen molar-refractivity contribution in [2.75, 3.05) is 6.67 Å². The standard InChI is InChI=1S/C7H12F4/c1-6(7(9,10)11)4-2-3-5-8/h6H,2-5H2,1H3. The van der Waals surface area contributed by atoms with Gasteiger partial charge in [-0.1, -0.05) is 13.3 Å². The van der Waals surface area contributed by atoms with Gasteiger partial charge in [0.05, 0.1) is 12.6 Å². The molecule has 0 saturated carbocycles. The third-order valence-corrected chi connectivity index (χ3v) is 1.58. The highest BCUT2D eigenvalue weighted by atomic mass is 19.4. The molecule has 0 aliphatic heterocycles. The fourth-order valence-corrected chi connectivity index (χ4v) is 0.709. The smallest absolute Gasteiger partial charge is 0.251 e. The molecule has 0 aromatic carbocycles. The first kappa shape index (κ1) is 10.7. The Morgan fingerprint density at radius 3 is 2.09 bits per heavy atom. The monoisotopic (exact) mass is 172 g/mol. The highest BCUT2D eigenvalue weighted by Crippen LogP contribution is 2.29. The number of alkyl halides is 4. The van der Waals surface area contributed by atoms with Crippen LogP contribution in [-0.2, 0) is 0 Å². The highest BCUT2D eigenvalue weighted by molar-refractivity contribution is 4.61. The molecular weight excluding hydrogens is 160 g/mol. The molecule has 0 aliphatic rings. The maximum absolute atomic E-state index is 11.8. The van der Waals surface area contributed by atoms with Gasteiger partial charge >= 0.3 is 6.18 Å². The van der Waals surface area contributed by atoms with E-state index in [2.05, 4.69) is 0 Å². The SMILES string of the molecule is CC(CCCCF)C(F)(F)F. The van der Waals surface area contributed by atoms with Crippen LogP contribution in [0.1, 0.15) is 26.2 Å². The number of rotatable bonds is 4. The van der Waals surface area contributed by atoms with Crippen LogP contribution in [0.4, 0.5) is 17.6 Å². The molecule has 11 heavy (non-hydrogen) atoms. The summed E-state index contributed by atoms with van der Waals surface area (Å²) in [7, 11) is 0. The fraction of sp³-hybridized carbons (Fsp3) is 1.00.